The number of carbonyl (C=O) groups excluding carboxylic acids is 6. The van der Waals surface area contributed by atoms with Gasteiger partial charge in [0.25, 0.3) is 0 Å². The molecule has 15 heteroatoms. The van der Waals surface area contributed by atoms with E-state index >= 15 is 0 Å². The summed E-state index contributed by atoms with van der Waals surface area (Å²) in [7, 11) is 0. The average molecular weight is 867 g/mol. The quantitative estimate of drug-likeness (QED) is 0.0552. The van der Waals surface area contributed by atoms with Gasteiger partial charge in [0.15, 0.2) is 0 Å². The number of amides is 5. The molecule has 0 fully saturated rings. The van der Waals surface area contributed by atoms with E-state index < -0.39 is 88.5 Å². The first kappa shape index (κ1) is 48.5. The summed E-state index contributed by atoms with van der Waals surface area (Å²) in [6.07, 6.45) is -1.13. The summed E-state index contributed by atoms with van der Waals surface area (Å²) in [6.45, 7) is 10.6. The second-order valence-corrected chi connectivity index (χ2v) is 18.1. The van der Waals surface area contributed by atoms with Crippen molar-refractivity contribution in [1.82, 2.24) is 16.0 Å². The van der Waals surface area contributed by atoms with Crippen molar-refractivity contribution in [3.05, 3.63) is 138 Å². The Balaban J connectivity index is 1.81. The molecule has 0 radical (unpaired) electrons. The highest BCUT2D eigenvalue weighted by molar-refractivity contribution is 8.00. The number of nitrogens with two attached hydrogens (primary N) is 3. The molecule has 9 N–H and O–H groups in total. The summed E-state index contributed by atoms with van der Waals surface area (Å²) < 4.78 is 10.5. The zero-order valence-electron chi connectivity index (χ0n) is 36.0. The fourth-order valence-corrected chi connectivity index (χ4v) is 8.11. The number of ether oxygens (including phenoxy) is 2. The van der Waals surface area contributed by atoms with E-state index in [-0.39, 0.29) is 12.2 Å². The van der Waals surface area contributed by atoms with Gasteiger partial charge in [-0.25, -0.2) is 4.79 Å². The van der Waals surface area contributed by atoms with E-state index in [1.165, 1.54) is 11.8 Å². The highest BCUT2D eigenvalue weighted by atomic mass is 32.2. The number of benzene rings is 4. The third-order valence-corrected chi connectivity index (χ3v) is 10.9. The smallest absolute Gasteiger partial charge is 0.329 e. The van der Waals surface area contributed by atoms with E-state index in [0.29, 0.717) is 11.3 Å². The van der Waals surface area contributed by atoms with Crippen molar-refractivity contribution in [2.75, 3.05) is 5.75 Å². The molecule has 0 heterocycles. The van der Waals surface area contributed by atoms with E-state index in [2.05, 4.69) is 16.0 Å². The molecule has 4 aromatic carbocycles. The summed E-state index contributed by atoms with van der Waals surface area (Å²) in [5.74, 6) is -4.55. The zero-order valence-corrected chi connectivity index (χ0v) is 36.8. The third kappa shape index (κ3) is 14.5. The Bertz CT molecular complexity index is 2050. The Morgan fingerprint density at radius 1 is 0.565 bits per heavy atom. The molecule has 0 saturated heterocycles. The second-order valence-electron chi connectivity index (χ2n) is 16.8. The molecule has 0 spiro atoms. The first-order valence-corrected chi connectivity index (χ1v) is 21.2. The molecule has 14 nitrogen and oxygen atoms in total. The number of esters is 1. The molecule has 4 aromatic rings. The summed E-state index contributed by atoms with van der Waals surface area (Å²) in [5.41, 5.74) is 18.7. The van der Waals surface area contributed by atoms with Crippen molar-refractivity contribution in [3.8, 4) is 5.75 Å². The lowest BCUT2D eigenvalue weighted by Gasteiger charge is -2.37. The van der Waals surface area contributed by atoms with Crippen LogP contribution in [0.5, 0.6) is 5.75 Å². The number of carbonyl (C=O) groups is 6. The van der Waals surface area contributed by atoms with Crippen molar-refractivity contribution in [2.45, 2.75) is 101 Å². The van der Waals surface area contributed by atoms with Crippen LogP contribution in [0.3, 0.4) is 0 Å². The first-order chi connectivity index (χ1) is 29.2. The van der Waals surface area contributed by atoms with Gasteiger partial charge in [-0.1, -0.05) is 103 Å². The summed E-state index contributed by atoms with van der Waals surface area (Å²) in [6, 6.07) is 30.4. The number of rotatable bonds is 20. The number of hydrogen-bond donors (Lipinski definition) is 6. The van der Waals surface area contributed by atoms with E-state index in [4.69, 9.17) is 26.7 Å². The number of primary amides is 2. The van der Waals surface area contributed by atoms with Gasteiger partial charge in [-0.3, -0.25) is 24.0 Å². The van der Waals surface area contributed by atoms with Crippen LogP contribution in [0.25, 0.3) is 0 Å². The molecule has 0 aliphatic rings. The van der Waals surface area contributed by atoms with Gasteiger partial charge in [-0.15, -0.1) is 11.8 Å². The molecule has 0 bridgehead atoms. The number of nitrogens with one attached hydrogen (secondary N) is 3. The van der Waals surface area contributed by atoms with Crippen LogP contribution in [-0.2, 0) is 44.7 Å². The minimum atomic E-state index is -1.50. The van der Waals surface area contributed by atoms with Gasteiger partial charge in [0.2, 0.25) is 29.5 Å². The Morgan fingerprint density at radius 2 is 1.00 bits per heavy atom. The first-order valence-electron chi connectivity index (χ1n) is 20.2. The van der Waals surface area contributed by atoms with Gasteiger partial charge >= 0.3 is 5.97 Å². The summed E-state index contributed by atoms with van der Waals surface area (Å²) in [5, 5.41) is 8.08. The molecule has 4 atom stereocenters. The predicted molar refractivity (Wildman–Crippen MR) is 239 cm³/mol. The van der Waals surface area contributed by atoms with Gasteiger partial charge < -0.3 is 42.6 Å². The fraction of sp³-hybridized carbons (Fsp3) is 0.362. The molecule has 0 aliphatic carbocycles. The van der Waals surface area contributed by atoms with Crippen molar-refractivity contribution < 1.29 is 38.2 Å². The van der Waals surface area contributed by atoms with E-state index in [1.807, 2.05) is 112 Å². The molecule has 4 rings (SSSR count). The average Bonchev–Trinajstić information content (AvgIpc) is 3.20. The van der Waals surface area contributed by atoms with Crippen LogP contribution in [0.1, 0.15) is 76.6 Å². The van der Waals surface area contributed by atoms with Crippen LogP contribution < -0.4 is 37.9 Å². The van der Waals surface area contributed by atoms with Crippen LogP contribution >= 0.6 is 11.8 Å². The maximum absolute atomic E-state index is 14.6. The van der Waals surface area contributed by atoms with Gasteiger partial charge in [-0.2, -0.15) is 0 Å². The van der Waals surface area contributed by atoms with Crippen LogP contribution in [-0.4, -0.2) is 76.6 Å². The maximum Gasteiger partial charge on any atom is 0.329 e. The van der Waals surface area contributed by atoms with E-state index in [1.54, 1.807) is 45.0 Å². The Morgan fingerprint density at radius 3 is 1.44 bits per heavy atom. The van der Waals surface area contributed by atoms with E-state index in [0.717, 1.165) is 16.7 Å². The van der Waals surface area contributed by atoms with Crippen LogP contribution in [0.15, 0.2) is 115 Å². The Labute approximate surface area is 367 Å². The molecule has 0 aromatic heterocycles. The zero-order chi connectivity index (χ0) is 45.7. The molecule has 330 valence electrons. The van der Waals surface area contributed by atoms with Gasteiger partial charge in [-0.05, 0) is 75.9 Å². The Hall–Kier alpha value is -6.19. The lowest BCUT2D eigenvalue weighted by atomic mass is 9.84. The molecular formula is C47H58N6O8S. The summed E-state index contributed by atoms with van der Waals surface area (Å²) >= 11 is 1.36. The highest BCUT2D eigenvalue weighted by Gasteiger charge is 2.40. The van der Waals surface area contributed by atoms with Crippen molar-refractivity contribution >= 4 is 47.3 Å². The lowest BCUT2D eigenvalue weighted by Crippen LogP contribution is -2.59. The van der Waals surface area contributed by atoms with Gasteiger partial charge in [0.05, 0.1) is 23.6 Å². The molecule has 0 saturated carbocycles. The third-order valence-electron chi connectivity index (χ3n) is 9.23. The van der Waals surface area contributed by atoms with Gasteiger partial charge in [0, 0.05) is 12.2 Å². The standard InChI is InChI=1S/C47H58N6O8S/c1-45(2,3)60-34-24-22-30(23-25-34)26-36(51-41(56)35(48)27-39(49)54)42(57)53-38(43(58)52-37(28-40(50)55)44(59)61-46(4,5)6)29-62-47(31-16-10-7-11-17-31,32-18-12-8-13-19-32)33-20-14-9-15-21-33/h7-25,35-38H,26-29,48H2,1-6H3,(H2,49,54)(H2,50,55)(H,51,56)(H,52,58)(H,53,57)/t35-,36-,37-,38-/m0/s1. The molecular weight excluding hydrogens is 809 g/mol. The van der Waals surface area contributed by atoms with Crippen molar-refractivity contribution in [2.24, 2.45) is 17.2 Å². The Kier molecular flexibility index (Phi) is 16.9. The maximum atomic E-state index is 14.6. The highest BCUT2D eigenvalue weighted by Crippen LogP contribution is 2.48. The molecule has 62 heavy (non-hydrogen) atoms. The van der Waals surface area contributed by atoms with E-state index in [9.17, 15) is 28.8 Å². The fourth-order valence-electron chi connectivity index (χ4n) is 6.55. The monoisotopic (exact) mass is 866 g/mol. The second kappa shape index (κ2) is 21.6. The number of thioether (sulfide) groups is 1. The topological polar surface area (TPSA) is 235 Å². The normalized spacial score (nSPS) is 13.7. The van der Waals surface area contributed by atoms with Gasteiger partial charge in [0.1, 0.15) is 35.1 Å². The van der Waals surface area contributed by atoms with Crippen molar-refractivity contribution in [3.63, 3.8) is 0 Å². The lowest BCUT2D eigenvalue weighted by molar-refractivity contribution is -0.159. The largest absolute Gasteiger partial charge is 0.488 e. The van der Waals surface area contributed by atoms with Crippen molar-refractivity contribution in [1.29, 1.82) is 0 Å². The van der Waals surface area contributed by atoms with Crippen LogP contribution in [0.4, 0.5) is 0 Å². The van der Waals surface area contributed by atoms with Crippen LogP contribution in [0, 0.1) is 0 Å². The SMILES string of the molecule is CC(C)(C)OC(=O)[C@H](CC(N)=O)NC(=O)[C@H](CSC(c1ccccc1)(c1ccccc1)c1ccccc1)NC(=O)[C@H](Cc1ccc(OC(C)(C)C)cc1)NC(=O)[C@@H](N)CC(N)=O. The minimum absolute atomic E-state index is 0.0671. The van der Waals surface area contributed by atoms with Crippen LogP contribution in [0.2, 0.25) is 0 Å². The predicted octanol–water partition coefficient (Wildman–Crippen LogP) is 4.01. The minimum Gasteiger partial charge on any atom is -0.488 e. The molecule has 5 amide bonds. The number of hydrogen-bond acceptors (Lipinski definition) is 10. The summed E-state index contributed by atoms with van der Waals surface area (Å²) in [4.78, 5) is 79.8. The molecule has 0 unspecified atom stereocenters. The molecule has 0 aliphatic heterocycles.